The second-order valence-corrected chi connectivity index (χ2v) is 6.08. The van der Waals surface area contributed by atoms with Crippen molar-refractivity contribution >= 4 is 0 Å². The molecule has 0 amide bonds. The van der Waals surface area contributed by atoms with E-state index in [2.05, 4.69) is 56.1 Å². The summed E-state index contributed by atoms with van der Waals surface area (Å²) in [4.78, 5) is 0. The highest BCUT2D eigenvalue weighted by molar-refractivity contribution is 5.14. The first kappa shape index (κ1) is 16.9. The van der Waals surface area contributed by atoms with Crippen molar-refractivity contribution in [3.63, 3.8) is 0 Å². The molecule has 112 valence electrons. The highest BCUT2D eigenvalue weighted by Gasteiger charge is 2.27. The Morgan fingerprint density at radius 1 is 1.25 bits per heavy atom. The van der Waals surface area contributed by atoms with Gasteiger partial charge in [-0.3, -0.25) is 0 Å². The lowest BCUT2D eigenvalue weighted by molar-refractivity contribution is 0.268. The fourth-order valence-electron chi connectivity index (χ4n) is 2.41. The van der Waals surface area contributed by atoms with Crippen LogP contribution in [0.2, 0.25) is 0 Å². The minimum atomic E-state index is 0.0360. The molecule has 1 aromatic rings. The van der Waals surface area contributed by atoms with Gasteiger partial charge < -0.3 is 11.1 Å². The number of allylic oxidation sites excluding steroid dienone is 1. The third kappa shape index (κ3) is 5.89. The van der Waals surface area contributed by atoms with Gasteiger partial charge in [-0.15, -0.1) is 6.58 Å². The molecule has 20 heavy (non-hydrogen) atoms. The summed E-state index contributed by atoms with van der Waals surface area (Å²) in [7, 11) is 0. The van der Waals surface area contributed by atoms with E-state index in [4.69, 9.17) is 5.73 Å². The normalized spacial score (nSPS) is 14.2. The molecule has 0 bridgehead atoms. The Kier molecular flexibility index (Phi) is 7.56. The molecule has 0 aliphatic heterocycles. The monoisotopic (exact) mass is 274 g/mol. The number of nitrogens with one attached hydrogen (secondary N) is 1. The Labute approximate surface area is 124 Å². The molecule has 0 aliphatic carbocycles. The maximum atomic E-state index is 6.10. The van der Waals surface area contributed by atoms with Crippen LogP contribution in [0.5, 0.6) is 0 Å². The summed E-state index contributed by atoms with van der Waals surface area (Å²) >= 11 is 0. The van der Waals surface area contributed by atoms with Crippen LogP contribution in [0.1, 0.15) is 45.1 Å². The number of hydrogen-bond acceptors (Lipinski definition) is 2. The molecule has 1 unspecified atom stereocenters. The van der Waals surface area contributed by atoms with Gasteiger partial charge in [-0.05, 0) is 37.2 Å². The van der Waals surface area contributed by atoms with Crippen LogP contribution in [-0.2, 0) is 6.54 Å². The molecular formula is C18H30N2. The van der Waals surface area contributed by atoms with Crippen LogP contribution in [0.15, 0.2) is 43.0 Å². The van der Waals surface area contributed by atoms with E-state index in [1.807, 2.05) is 6.08 Å². The van der Waals surface area contributed by atoms with Crippen molar-refractivity contribution in [3.05, 3.63) is 48.6 Å². The van der Waals surface area contributed by atoms with Crippen molar-refractivity contribution in [2.24, 2.45) is 11.7 Å². The minimum absolute atomic E-state index is 0.0360. The number of benzene rings is 1. The molecule has 0 saturated carbocycles. The molecule has 0 saturated heterocycles. The fraction of sp³-hybridized carbons (Fsp3) is 0.556. The summed E-state index contributed by atoms with van der Waals surface area (Å²) in [5.74, 6) is 0.711. The van der Waals surface area contributed by atoms with Gasteiger partial charge in [0.05, 0.1) is 0 Å². The lowest BCUT2D eigenvalue weighted by Crippen LogP contribution is -2.51. The molecule has 1 atom stereocenters. The predicted molar refractivity (Wildman–Crippen MR) is 88.6 cm³/mol. The van der Waals surface area contributed by atoms with E-state index in [-0.39, 0.29) is 5.54 Å². The first-order chi connectivity index (χ1) is 9.62. The third-order valence-electron chi connectivity index (χ3n) is 3.93. The van der Waals surface area contributed by atoms with Crippen molar-refractivity contribution in [1.29, 1.82) is 0 Å². The third-order valence-corrected chi connectivity index (χ3v) is 3.93. The van der Waals surface area contributed by atoms with Crippen LogP contribution in [0.3, 0.4) is 0 Å². The lowest BCUT2D eigenvalue weighted by atomic mass is 9.85. The van der Waals surface area contributed by atoms with Crippen molar-refractivity contribution in [2.75, 3.05) is 6.54 Å². The Balaban J connectivity index is 2.66. The molecule has 2 heteroatoms. The zero-order valence-corrected chi connectivity index (χ0v) is 13.1. The highest BCUT2D eigenvalue weighted by atomic mass is 15.0. The first-order valence-corrected chi connectivity index (χ1v) is 7.72. The summed E-state index contributed by atoms with van der Waals surface area (Å²) in [6.07, 6.45) is 6.39. The average Bonchev–Trinajstić information content (AvgIpc) is 2.48. The summed E-state index contributed by atoms with van der Waals surface area (Å²) < 4.78 is 0. The zero-order valence-electron chi connectivity index (χ0n) is 13.1. The molecule has 0 aliphatic rings. The number of rotatable bonds is 10. The quantitative estimate of drug-likeness (QED) is 0.636. The Hall–Kier alpha value is -1.12. The summed E-state index contributed by atoms with van der Waals surface area (Å²) in [6, 6.07) is 10.5. The van der Waals surface area contributed by atoms with Gasteiger partial charge in [0, 0.05) is 18.6 Å². The molecule has 0 heterocycles. The molecule has 0 spiro atoms. The van der Waals surface area contributed by atoms with Crippen molar-refractivity contribution in [2.45, 2.75) is 51.6 Å². The van der Waals surface area contributed by atoms with Gasteiger partial charge in [-0.1, -0.05) is 50.3 Å². The van der Waals surface area contributed by atoms with Gasteiger partial charge in [-0.25, -0.2) is 0 Å². The first-order valence-electron chi connectivity index (χ1n) is 7.72. The van der Waals surface area contributed by atoms with Crippen molar-refractivity contribution in [3.8, 4) is 0 Å². The van der Waals surface area contributed by atoms with E-state index >= 15 is 0 Å². The standard InChI is InChI=1S/C18H30N2/c1-4-5-12-18(15-19,13-11-16(2)3)20-14-17-9-7-6-8-10-17/h4,6-10,16,20H,1,5,11-15,19H2,2-3H3. The molecule has 0 aromatic heterocycles. The maximum absolute atomic E-state index is 6.10. The summed E-state index contributed by atoms with van der Waals surface area (Å²) in [6.45, 7) is 9.95. The molecular weight excluding hydrogens is 244 g/mol. The molecule has 1 aromatic carbocycles. The minimum Gasteiger partial charge on any atom is -0.329 e. The largest absolute Gasteiger partial charge is 0.329 e. The van der Waals surface area contributed by atoms with E-state index in [1.54, 1.807) is 0 Å². The van der Waals surface area contributed by atoms with Crippen LogP contribution in [0.4, 0.5) is 0 Å². The lowest BCUT2D eigenvalue weighted by Gasteiger charge is -2.35. The molecule has 0 fully saturated rings. The van der Waals surface area contributed by atoms with E-state index in [1.165, 1.54) is 12.0 Å². The van der Waals surface area contributed by atoms with E-state index in [0.717, 1.165) is 25.8 Å². The van der Waals surface area contributed by atoms with Gasteiger partial charge >= 0.3 is 0 Å². The predicted octanol–water partition coefficient (Wildman–Crippen LogP) is 3.88. The fourth-order valence-corrected chi connectivity index (χ4v) is 2.41. The maximum Gasteiger partial charge on any atom is 0.0310 e. The van der Waals surface area contributed by atoms with Gasteiger partial charge in [0.15, 0.2) is 0 Å². The van der Waals surface area contributed by atoms with Gasteiger partial charge in [-0.2, -0.15) is 0 Å². The molecule has 2 nitrogen and oxygen atoms in total. The zero-order chi connectivity index (χ0) is 14.8. The Bertz CT molecular complexity index is 372. The smallest absolute Gasteiger partial charge is 0.0310 e. The van der Waals surface area contributed by atoms with Crippen LogP contribution < -0.4 is 11.1 Å². The van der Waals surface area contributed by atoms with Crippen LogP contribution in [-0.4, -0.2) is 12.1 Å². The second-order valence-electron chi connectivity index (χ2n) is 6.08. The van der Waals surface area contributed by atoms with E-state index in [0.29, 0.717) is 12.5 Å². The van der Waals surface area contributed by atoms with Crippen LogP contribution in [0, 0.1) is 5.92 Å². The van der Waals surface area contributed by atoms with Gasteiger partial charge in [0.25, 0.3) is 0 Å². The SMILES string of the molecule is C=CCCC(CN)(CCC(C)C)NCc1ccccc1. The van der Waals surface area contributed by atoms with Crippen LogP contribution >= 0.6 is 0 Å². The van der Waals surface area contributed by atoms with Gasteiger partial charge in [0.2, 0.25) is 0 Å². The number of nitrogens with two attached hydrogens (primary N) is 1. The summed E-state index contributed by atoms with van der Waals surface area (Å²) in [5, 5.41) is 3.72. The van der Waals surface area contributed by atoms with Crippen molar-refractivity contribution in [1.82, 2.24) is 5.32 Å². The Morgan fingerprint density at radius 3 is 2.50 bits per heavy atom. The second kappa shape index (κ2) is 8.93. The molecule has 3 N–H and O–H groups in total. The van der Waals surface area contributed by atoms with E-state index in [9.17, 15) is 0 Å². The van der Waals surface area contributed by atoms with E-state index < -0.39 is 0 Å². The van der Waals surface area contributed by atoms with Gasteiger partial charge in [0.1, 0.15) is 0 Å². The summed E-state index contributed by atoms with van der Waals surface area (Å²) in [5.41, 5.74) is 7.45. The molecule has 0 radical (unpaired) electrons. The Morgan fingerprint density at radius 2 is 1.95 bits per heavy atom. The molecule has 1 rings (SSSR count). The highest BCUT2D eigenvalue weighted by Crippen LogP contribution is 2.22. The van der Waals surface area contributed by atoms with Crippen LogP contribution in [0.25, 0.3) is 0 Å². The number of hydrogen-bond donors (Lipinski definition) is 2. The van der Waals surface area contributed by atoms with Crippen molar-refractivity contribution < 1.29 is 0 Å². The topological polar surface area (TPSA) is 38.0 Å². The average molecular weight is 274 g/mol.